The van der Waals surface area contributed by atoms with Gasteiger partial charge in [-0.3, -0.25) is 9.59 Å². The summed E-state index contributed by atoms with van der Waals surface area (Å²) >= 11 is 0. The number of carboxylic acids is 1. The van der Waals surface area contributed by atoms with Gasteiger partial charge in [-0.15, -0.1) is 0 Å². The monoisotopic (exact) mass is 390 g/mol. The van der Waals surface area contributed by atoms with Gasteiger partial charge in [0, 0.05) is 22.6 Å². The molecule has 1 aliphatic heterocycles. The Kier molecular flexibility index (Phi) is 8.34. The van der Waals surface area contributed by atoms with E-state index in [4.69, 9.17) is 17.2 Å². The first kappa shape index (κ1) is 20.8. The molecule has 2 rings (SSSR count). The highest BCUT2D eigenvalue weighted by molar-refractivity contribution is 8.80. The molecule has 2 aliphatic rings. The summed E-state index contributed by atoms with van der Waals surface area (Å²) in [6.07, 6.45) is 4.75. The molecule has 5 unspecified atom stereocenters. The molecule has 0 aromatic rings. The van der Waals surface area contributed by atoms with Gasteiger partial charge in [0.1, 0.15) is 0 Å². The van der Waals surface area contributed by atoms with Crippen molar-refractivity contribution in [3.05, 3.63) is 0 Å². The van der Waals surface area contributed by atoms with Gasteiger partial charge in [0.05, 0.1) is 12.0 Å². The smallest absolute Gasteiger partial charge is 0.306 e. The predicted octanol–water partition coefficient (Wildman–Crippen LogP) is 0.662. The van der Waals surface area contributed by atoms with Gasteiger partial charge in [0.2, 0.25) is 5.91 Å². The van der Waals surface area contributed by atoms with Crippen LogP contribution in [0.5, 0.6) is 0 Å². The first-order chi connectivity index (χ1) is 11.9. The number of unbranched alkanes of at least 4 members (excludes halogenated alkanes) is 1. The fraction of sp³-hybridized carbons (Fsp3) is 0.875. The van der Waals surface area contributed by atoms with Gasteiger partial charge in [-0.1, -0.05) is 28.0 Å². The maximum atomic E-state index is 12.3. The van der Waals surface area contributed by atoms with Crippen LogP contribution < -0.4 is 22.5 Å². The minimum Gasteiger partial charge on any atom is -0.481 e. The number of nitrogens with two attached hydrogens (primary N) is 3. The highest BCUT2D eigenvalue weighted by Crippen LogP contribution is 2.52. The van der Waals surface area contributed by atoms with E-state index in [-0.39, 0.29) is 18.0 Å². The van der Waals surface area contributed by atoms with Crippen LogP contribution in [0.15, 0.2) is 0 Å². The highest BCUT2D eigenvalue weighted by Gasteiger charge is 2.40. The second-order valence-corrected chi connectivity index (χ2v) is 9.85. The molecular formula is C16H30N4O3S2. The van der Waals surface area contributed by atoms with E-state index in [9.17, 15) is 14.7 Å². The number of carboxylic acid groups (broad SMARTS) is 1. The average Bonchev–Trinajstić information content (AvgIpc) is 2.58. The van der Waals surface area contributed by atoms with Crippen molar-refractivity contribution in [3.8, 4) is 0 Å². The van der Waals surface area contributed by atoms with Gasteiger partial charge in [-0.2, -0.15) is 0 Å². The SMILES string of the molecule is NCCCC[C@H](N)C(=O)NC1CC(N)CC2SSC2CC(C(=O)O)C1. The van der Waals surface area contributed by atoms with E-state index in [1.54, 1.807) is 21.6 Å². The summed E-state index contributed by atoms with van der Waals surface area (Å²) in [6, 6.07) is -0.857. The lowest BCUT2D eigenvalue weighted by Crippen LogP contribution is -2.48. The number of carbonyl (C=O) groups excluding carboxylic acids is 1. The summed E-state index contributed by atoms with van der Waals surface area (Å²) in [7, 11) is 3.55. The third-order valence-corrected chi connectivity index (χ3v) is 8.56. The number of nitrogens with one attached hydrogen (secondary N) is 1. The second-order valence-electron chi connectivity index (χ2n) is 7.10. The summed E-state index contributed by atoms with van der Waals surface area (Å²) in [5.74, 6) is -1.47. The molecule has 144 valence electrons. The summed E-state index contributed by atoms with van der Waals surface area (Å²) in [5.41, 5.74) is 17.7. The van der Waals surface area contributed by atoms with E-state index >= 15 is 0 Å². The average molecular weight is 391 g/mol. The largest absolute Gasteiger partial charge is 0.481 e. The van der Waals surface area contributed by atoms with Crippen LogP contribution in [-0.4, -0.2) is 52.2 Å². The Labute approximate surface area is 157 Å². The topological polar surface area (TPSA) is 144 Å². The van der Waals surface area contributed by atoms with Crippen molar-refractivity contribution in [3.63, 3.8) is 0 Å². The van der Waals surface area contributed by atoms with Crippen LogP contribution in [0.2, 0.25) is 0 Å². The maximum absolute atomic E-state index is 12.3. The number of hydrogen-bond donors (Lipinski definition) is 5. The summed E-state index contributed by atoms with van der Waals surface area (Å²) in [4.78, 5) is 24.0. The van der Waals surface area contributed by atoms with Crippen molar-refractivity contribution in [2.24, 2.45) is 23.1 Å². The molecule has 0 spiro atoms. The zero-order chi connectivity index (χ0) is 18.4. The molecule has 1 saturated carbocycles. The lowest BCUT2D eigenvalue weighted by molar-refractivity contribution is -0.142. The maximum Gasteiger partial charge on any atom is 0.306 e. The van der Waals surface area contributed by atoms with Crippen LogP contribution in [0.1, 0.15) is 44.9 Å². The zero-order valence-electron chi connectivity index (χ0n) is 14.4. The molecule has 0 aromatic carbocycles. The zero-order valence-corrected chi connectivity index (χ0v) is 16.1. The van der Waals surface area contributed by atoms with E-state index in [1.807, 2.05) is 0 Å². The summed E-state index contributed by atoms with van der Waals surface area (Å²) in [5, 5.41) is 13.3. The van der Waals surface area contributed by atoms with E-state index < -0.39 is 17.9 Å². The Balaban J connectivity index is 1.96. The predicted molar refractivity (Wildman–Crippen MR) is 103 cm³/mol. The Morgan fingerprint density at radius 2 is 1.80 bits per heavy atom. The van der Waals surface area contributed by atoms with Crippen LogP contribution in [0.25, 0.3) is 0 Å². The Bertz CT molecular complexity index is 469. The van der Waals surface area contributed by atoms with E-state index in [0.29, 0.717) is 42.7 Å². The van der Waals surface area contributed by atoms with Crippen molar-refractivity contribution in [2.45, 2.75) is 73.6 Å². The fourth-order valence-corrected chi connectivity index (χ4v) is 6.47. The molecule has 8 N–H and O–H groups in total. The van der Waals surface area contributed by atoms with E-state index in [2.05, 4.69) is 5.32 Å². The lowest BCUT2D eigenvalue weighted by Gasteiger charge is -2.36. The molecule has 1 saturated heterocycles. The Hall–Kier alpha value is -0.480. The summed E-state index contributed by atoms with van der Waals surface area (Å²) < 4.78 is 0. The molecule has 7 nitrogen and oxygen atoms in total. The number of hydrogen-bond acceptors (Lipinski definition) is 7. The molecule has 0 bridgehead atoms. The number of carbonyl (C=O) groups is 2. The minimum atomic E-state index is -0.793. The number of amides is 1. The second kappa shape index (κ2) is 10.0. The number of rotatable bonds is 7. The van der Waals surface area contributed by atoms with Gasteiger partial charge >= 0.3 is 5.97 Å². The molecule has 0 radical (unpaired) electrons. The fourth-order valence-electron chi connectivity index (χ4n) is 3.44. The van der Waals surface area contributed by atoms with Gasteiger partial charge in [0.25, 0.3) is 0 Å². The molecule has 9 heteroatoms. The van der Waals surface area contributed by atoms with Gasteiger partial charge in [-0.05, 0) is 45.1 Å². The molecule has 1 aliphatic carbocycles. The third-order valence-electron chi connectivity index (χ3n) is 4.93. The molecule has 1 amide bonds. The van der Waals surface area contributed by atoms with E-state index in [1.165, 1.54) is 0 Å². The van der Waals surface area contributed by atoms with Crippen molar-refractivity contribution >= 4 is 33.5 Å². The van der Waals surface area contributed by atoms with Crippen molar-refractivity contribution < 1.29 is 14.7 Å². The first-order valence-electron chi connectivity index (χ1n) is 8.97. The van der Waals surface area contributed by atoms with Gasteiger partial charge in [-0.25, -0.2) is 0 Å². The van der Waals surface area contributed by atoms with E-state index in [0.717, 1.165) is 19.3 Å². The standard InChI is InChI=1S/C16H30N4O3S2/c17-4-2-1-3-12(19)15(21)20-11-5-9(16(22)23)6-13-14(25-24-13)8-10(18)7-11/h9-14H,1-8,17-19H2,(H,20,21)(H,22,23)/t9?,10?,11?,12-,13?,14?/m0/s1. The van der Waals surface area contributed by atoms with Crippen LogP contribution in [0, 0.1) is 5.92 Å². The van der Waals surface area contributed by atoms with Crippen LogP contribution in [0.3, 0.4) is 0 Å². The minimum absolute atomic E-state index is 0.0350. The van der Waals surface area contributed by atoms with Crippen molar-refractivity contribution in [1.82, 2.24) is 5.32 Å². The Morgan fingerprint density at radius 3 is 2.40 bits per heavy atom. The molecule has 2 fully saturated rings. The van der Waals surface area contributed by atoms with Crippen LogP contribution in [-0.2, 0) is 9.59 Å². The number of fused-ring (bicyclic) bond motifs is 1. The Morgan fingerprint density at radius 1 is 1.12 bits per heavy atom. The third kappa shape index (κ3) is 6.32. The van der Waals surface area contributed by atoms with Crippen molar-refractivity contribution in [2.75, 3.05) is 6.54 Å². The molecule has 25 heavy (non-hydrogen) atoms. The lowest BCUT2D eigenvalue weighted by atomic mass is 9.93. The molecule has 6 atom stereocenters. The normalized spacial score (nSPS) is 33.8. The molecular weight excluding hydrogens is 360 g/mol. The van der Waals surface area contributed by atoms with Crippen molar-refractivity contribution in [1.29, 1.82) is 0 Å². The molecule has 1 heterocycles. The summed E-state index contributed by atoms with van der Waals surface area (Å²) in [6.45, 7) is 0.588. The van der Waals surface area contributed by atoms with Gasteiger partial charge < -0.3 is 27.6 Å². The van der Waals surface area contributed by atoms with Gasteiger partial charge in [0.15, 0.2) is 0 Å². The highest BCUT2D eigenvalue weighted by atomic mass is 33.1. The number of aliphatic carboxylic acids is 1. The molecule has 0 aromatic heterocycles. The van der Waals surface area contributed by atoms with Crippen LogP contribution in [0.4, 0.5) is 0 Å². The quantitative estimate of drug-likeness (QED) is 0.315. The van der Waals surface area contributed by atoms with Crippen LogP contribution >= 0.6 is 21.6 Å². The first-order valence-corrected chi connectivity index (χ1v) is 11.2.